The summed E-state index contributed by atoms with van der Waals surface area (Å²) in [4.78, 5) is 13.5. The molecular weight excluding hydrogens is 481 g/mol. The van der Waals surface area contributed by atoms with Gasteiger partial charge in [-0.3, -0.25) is 0 Å². The summed E-state index contributed by atoms with van der Waals surface area (Å²) in [7, 11) is 0. The van der Waals surface area contributed by atoms with Crippen LogP contribution in [0.1, 0.15) is 79.6 Å². The van der Waals surface area contributed by atoms with E-state index >= 15 is 4.39 Å². The van der Waals surface area contributed by atoms with Crippen molar-refractivity contribution in [3.63, 3.8) is 0 Å². The molecule has 1 fully saturated rings. The number of rotatable bonds is 7. The molecule has 0 unspecified atom stereocenters. The van der Waals surface area contributed by atoms with Gasteiger partial charge in [-0.05, 0) is 78.9 Å². The van der Waals surface area contributed by atoms with E-state index in [9.17, 15) is 5.11 Å². The lowest BCUT2D eigenvalue weighted by Crippen LogP contribution is -2.37. The van der Waals surface area contributed by atoms with Crippen molar-refractivity contribution in [2.75, 3.05) is 5.32 Å². The van der Waals surface area contributed by atoms with E-state index in [4.69, 9.17) is 16.3 Å². The van der Waals surface area contributed by atoms with Crippen LogP contribution in [0.4, 0.5) is 10.3 Å². The number of fused-ring (bicyclic) bond motifs is 1. The van der Waals surface area contributed by atoms with Gasteiger partial charge in [0, 0.05) is 17.6 Å². The highest BCUT2D eigenvalue weighted by atomic mass is 35.5. The number of ether oxygens (including phenoxy) is 1. The van der Waals surface area contributed by atoms with Crippen molar-refractivity contribution in [1.82, 2.24) is 19.5 Å². The van der Waals surface area contributed by atoms with Gasteiger partial charge in [-0.25, -0.2) is 19.3 Å². The zero-order valence-corrected chi connectivity index (χ0v) is 22.9. The molecular formula is C27H37ClFN5O2. The summed E-state index contributed by atoms with van der Waals surface area (Å²) >= 11 is 6.50. The molecule has 7 nitrogen and oxygen atoms in total. The van der Waals surface area contributed by atoms with Gasteiger partial charge in [-0.1, -0.05) is 18.5 Å². The second kappa shape index (κ2) is 10.2. The zero-order chi connectivity index (χ0) is 26.4. The van der Waals surface area contributed by atoms with Gasteiger partial charge in [0.15, 0.2) is 5.82 Å². The van der Waals surface area contributed by atoms with Crippen molar-refractivity contribution >= 4 is 28.6 Å². The smallest absolute Gasteiger partial charge is 0.223 e. The molecule has 0 bridgehead atoms. The number of nitrogens with zero attached hydrogens (tertiary/aromatic N) is 4. The molecule has 3 aromatic rings. The van der Waals surface area contributed by atoms with Gasteiger partial charge in [0.25, 0.3) is 0 Å². The van der Waals surface area contributed by atoms with Crippen LogP contribution in [-0.2, 0) is 10.3 Å². The molecule has 1 aliphatic rings. The molecule has 1 aliphatic carbocycles. The Kier molecular flexibility index (Phi) is 7.60. The molecule has 0 amide bonds. The third-order valence-electron chi connectivity index (χ3n) is 6.73. The molecule has 0 radical (unpaired) electrons. The number of aromatic nitrogens is 4. The van der Waals surface area contributed by atoms with Crippen LogP contribution in [-0.4, -0.2) is 42.9 Å². The minimum atomic E-state index is -1.23. The van der Waals surface area contributed by atoms with E-state index in [1.54, 1.807) is 20.0 Å². The van der Waals surface area contributed by atoms with Crippen LogP contribution in [0, 0.1) is 11.7 Å². The van der Waals surface area contributed by atoms with Gasteiger partial charge in [0.1, 0.15) is 16.9 Å². The molecule has 0 spiro atoms. The van der Waals surface area contributed by atoms with Crippen LogP contribution in [0.5, 0.6) is 0 Å². The molecule has 0 saturated heterocycles. The molecule has 3 atom stereocenters. The highest BCUT2D eigenvalue weighted by molar-refractivity contribution is 6.33. The summed E-state index contributed by atoms with van der Waals surface area (Å²) < 4.78 is 23.2. The maximum Gasteiger partial charge on any atom is 0.223 e. The number of benzene rings is 1. The van der Waals surface area contributed by atoms with Gasteiger partial charge in [0.05, 0.1) is 34.6 Å². The van der Waals surface area contributed by atoms with Gasteiger partial charge >= 0.3 is 0 Å². The average molecular weight is 518 g/mol. The summed E-state index contributed by atoms with van der Waals surface area (Å²) in [5, 5.41) is 14.4. The van der Waals surface area contributed by atoms with Crippen LogP contribution in [0.3, 0.4) is 0 Å². The molecule has 0 aliphatic heterocycles. The van der Waals surface area contributed by atoms with Gasteiger partial charge < -0.3 is 19.7 Å². The van der Waals surface area contributed by atoms with Crippen molar-refractivity contribution in [2.24, 2.45) is 5.92 Å². The predicted molar refractivity (Wildman–Crippen MR) is 142 cm³/mol. The van der Waals surface area contributed by atoms with Crippen molar-refractivity contribution in [1.29, 1.82) is 0 Å². The van der Waals surface area contributed by atoms with Crippen LogP contribution in [0.25, 0.3) is 22.3 Å². The number of hydrogen-bond acceptors (Lipinski definition) is 6. The maximum atomic E-state index is 15.3. The molecule has 9 heteroatoms. The summed E-state index contributed by atoms with van der Waals surface area (Å²) in [6.07, 6.45) is 4.95. The van der Waals surface area contributed by atoms with Crippen LogP contribution in [0.2, 0.25) is 5.02 Å². The van der Waals surface area contributed by atoms with Crippen molar-refractivity contribution in [3.05, 3.63) is 35.0 Å². The van der Waals surface area contributed by atoms with E-state index in [2.05, 4.69) is 41.0 Å². The first-order valence-electron chi connectivity index (χ1n) is 12.7. The Morgan fingerprint density at radius 2 is 1.92 bits per heavy atom. The van der Waals surface area contributed by atoms with E-state index in [1.807, 2.05) is 24.5 Å². The Labute approximate surface area is 217 Å². The number of hydrogen-bond donors (Lipinski definition) is 2. The average Bonchev–Trinajstić information content (AvgIpc) is 3.17. The fraction of sp³-hybridized carbons (Fsp3) is 0.593. The van der Waals surface area contributed by atoms with Gasteiger partial charge in [-0.2, -0.15) is 0 Å². The predicted octanol–water partition coefficient (Wildman–Crippen LogP) is 6.49. The van der Waals surface area contributed by atoms with E-state index < -0.39 is 11.4 Å². The highest BCUT2D eigenvalue weighted by Crippen LogP contribution is 2.35. The Balaban J connectivity index is 1.67. The van der Waals surface area contributed by atoms with Crippen LogP contribution >= 0.6 is 11.6 Å². The van der Waals surface area contributed by atoms with Crippen LogP contribution < -0.4 is 5.32 Å². The number of aliphatic hydroxyl groups is 1. The number of nitrogens with one attached hydrogen (secondary N) is 1. The lowest BCUT2D eigenvalue weighted by molar-refractivity contribution is -0.0241. The van der Waals surface area contributed by atoms with E-state index in [1.165, 1.54) is 6.07 Å². The third-order valence-corrected chi connectivity index (χ3v) is 7.01. The van der Waals surface area contributed by atoms with E-state index in [-0.39, 0.29) is 29.8 Å². The van der Waals surface area contributed by atoms with E-state index in [0.29, 0.717) is 39.5 Å². The third kappa shape index (κ3) is 5.50. The van der Waals surface area contributed by atoms with Crippen molar-refractivity contribution < 1.29 is 14.2 Å². The van der Waals surface area contributed by atoms with E-state index in [0.717, 1.165) is 19.3 Å². The molecule has 1 aromatic carbocycles. The first-order valence-corrected chi connectivity index (χ1v) is 13.1. The SMILES string of the molecule is CC(C)O[C@H]1CC[C@H](Nc2ncc(Cl)c(-c3cc(F)c4nc(C(C)(C)O)n(C(C)C)c4c3)n2)[C@@H](C)C1. The molecule has 2 heterocycles. The number of imidazole rings is 1. The lowest BCUT2D eigenvalue weighted by atomic mass is 9.84. The van der Waals surface area contributed by atoms with Gasteiger partial charge in [0.2, 0.25) is 5.95 Å². The second-order valence-electron chi connectivity index (χ2n) is 11.0. The normalized spacial score (nSPS) is 21.1. The summed E-state index contributed by atoms with van der Waals surface area (Å²) in [6, 6.07) is 3.39. The topological polar surface area (TPSA) is 85.1 Å². The summed E-state index contributed by atoms with van der Waals surface area (Å²) in [5.41, 5.74) is 0.540. The Bertz CT molecular complexity index is 1240. The Morgan fingerprint density at radius 1 is 1.19 bits per heavy atom. The first kappa shape index (κ1) is 26.8. The lowest BCUT2D eigenvalue weighted by Gasteiger charge is -2.35. The fourth-order valence-electron chi connectivity index (χ4n) is 5.12. The summed E-state index contributed by atoms with van der Waals surface area (Å²) in [6.45, 7) is 13.6. The maximum absolute atomic E-state index is 15.3. The number of halogens is 2. The quantitative estimate of drug-likeness (QED) is 0.372. The second-order valence-corrected chi connectivity index (χ2v) is 11.4. The largest absolute Gasteiger partial charge is 0.383 e. The summed E-state index contributed by atoms with van der Waals surface area (Å²) in [5.74, 6) is 0.767. The Morgan fingerprint density at radius 3 is 2.53 bits per heavy atom. The minimum Gasteiger partial charge on any atom is -0.383 e. The molecule has 4 rings (SSSR count). The zero-order valence-electron chi connectivity index (χ0n) is 22.1. The standard InChI is InChI=1S/C27H37ClFN5O2/c1-14(2)34-22-12-17(11-20(29)24(22)32-25(34)27(6,7)35)23-19(28)13-30-26(33-23)31-21-9-8-18(10-16(21)5)36-15(3)4/h11-16,18,21,35H,8-10H2,1-7H3,(H,30,31,33)/t16-,18-,21-/m0/s1. The minimum absolute atomic E-state index is 0.0412. The molecule has 36 heavy (non-hydrogen) atoms. The van der Waals surface area contributed by atoms with Crippen LogP contribution in [0.15, 0.2) is 18.3 Å². The van der Waals surface area contributed by atoms with Gasteiger partial charge in [-0.15, -0.1) is 0 Å². The molecule has 2 aromatic heterocycles. The number of anilines is 1. The highest BCUT2D eigenvalue weighted by Gasteiger charge is 2.30. The molecule has 196 valence electrons. The molecule has 2 N–H and O–H groups in total. The fourth-order valence-corrected chi connectivity index (χ4v) is 5.32. The van der Waals surface area contributed by atoms with Crippen molar-refractivity contribution in [2.45, 2.75) is 97.6 Å². The monoisotopic (exact) mass is 517 g/mol. The first-order chi connectivity index (χ1) is 16.8. The molecule has 1 saturated carbocycles. The Hall–Kier alpha value is -2.29. The van der Waals surface area contributed by atoms with Crippen molar-refractivity contribution in [3.8, 4) is 11.3 Å².